The maximum atomic E-state index is 11.9. The summed E-state index contributed by atoms with van der Waals surface area (Å²) >= 11 is 6.36. The molecule has 1 saturated carbocycles. The Morgan fingerprint density at radius 3 is 2.69 bits per heavy atom. The fourth-order valence-corrected chi connectivity index (χ4v) is 3.23. The summed E-state index contributed by atoms with van der Waals surface area (Å²) in [5.74, 6) is 0.865. The lowest BCUT2D eigenvalue weighted by atomic mass is 10.1. The summed E-state index contributed by atoms with van der Waals surface area (Å²) in [6, 6.07) is 5.67. The van der Waals surface area contributed by atoms with Gasteiger partial charge < -0.3 is 15.5 Å². The van der Waals surface area contributed by atoms with E-state index in [-0.39, 0.29) is 5.54 Å². The van der Waals surface area contributed by atoms with Crippen LogP contribution in [0.1, 0.15) is 41.4 Å². The van der Waals surface area contributed by atoms with E-state index in [1.165, 1.54) is 0 Å². The van der Waals surface area contributed by atoms with E-state index in [9.17, 15) is 4.79 Å². The second kappa shape index (κ2) is 5.71. The van der Waals surface area contributed by atoms with Gasteiger partial charge in [-0.2, -0.15) is 4.98 Å². The first-order valence-corrected chi connectivity index (χ1v) is 8.81. The predicted molar refractivity (Wildman–Crippen MR) is 102 cm³/mol. The van der Waals surface area contributed by atoms with Crippen LogP contribution >= 0.6 is 11.6 Å². The zero-order valence-corrected chi connectivity index (χ0v) is 15.6. The number of aryl methyl sites for hydroxylation is 2. The number of carbonyl (C=O) groups is 1. The van der Waals surface area contributed by atoms with Gasteiger partial charge in [0, 0.05) is 11.1 Å². The second-order valence-corrected chi connectivity index (χ2v) is 7.55. The molecule has 3 N–H and O–H groups in total. The van der Waals surface area contributed by atoms with Crippen molar-refractivity contribution in [3.8, 4) is 11.4 Å². The molecule has 7 heteroatoms. The van der Waals surface area contributed by atoms with Crippen LogP contribution in [-0.2, 0) is 0 Å². The average molecular weight is 371 g/mol. The number of fused-ring (bicyclic) bond motifs is 1. The highest BCUT2D eigenvalue weighted by Gasteiger charge is 2.39. The van der Waals surface area contributed by atoms with Gasteiger partial charge in [-0.25, -0.2) is 4.98 Å². The SMILES string of the molecule is Cc1ccc(Cl)c(-c2nc(NC3(C)CC3)c3c(C(N)=O)c(C)oc3n2)c1. The average Bonchev–Trinajstić information content (AvgIpc) is 3.17. The minimum absolute atomic E-state index is 0.0466. The number of aromatic nitrogens is 2. The molecular formula is C19H19ClN4O2. The summed E-state index contributed by atoms with van der Waals surface area (Å²) in [7, 11) is 0. The van der Waals surface area contributed by atoms with E-state index < -0.39 is 5.91 Å². The van der Waals surface area contributed by atoms with Crippen molar-refractivity contribution in [1.82, 2.24) is 9.97 Å². The normalized spacial score (nSPS) is 15.2. The minimum Gasteiger partial charge on any atom is -0.442 e. The van der Waals surface area contributed by atoms with Gasteiger partial charge in [-0.15, -0.1) is 0 Å². The Morgan fingerprint density at radius 2 is 2.04 bits per heavy atom. The summed E-state index contributed by atoms with van der Waals surface area (Å²) < 4.78 is 5.73. The maximum Gasteiger partial charge on any atom is 0.253 e. The Labute approximate surface area is 155 Å². The van der Waals surface area contributed by atoms with Crippen molar-refractivity contribution < 1.29 is 9.21 Å². The summed E-state index contributed by atoms with van der Waals surface area (Å²) in [5, 5.41) is 4.50. The van der Waals surface area contributed by atoms with Crippen molar-refractivity contribution in [2.24, 2.45) is 5.73 Å². The van der Waals surface area contributed by atoms with Crippen LogP contribution in [0, 0.1) is 13.8 Å². The van der Waals surface area contributed by atoms with Crippen molar-refractivity contribution in [1.29, 1.82) is 0 Å². The molecule has 0 spiro atoms. The Kier molecular flexibility index (Phi) is 3.70. The molecule has 0 radical (unpaired) electrons. The number of anilines is 1. The third-order valence-electron chi connectivity index (χ3n) is 4.76. The number of hydrogen-bond donors (Lipinski definition) is 2. The van der Waals surface area contributed by atoms with Crippen LogP contribution in [-0.4, -0.2) is 21.4 Å². The highest BCUT2D eigenvalue weighted by molar-refractivity contribution is 6.33. The van der Waals surface area contributed by atoms with Gasteiger partial charge in [-0.3, -0.25) is 4.79 Å². The monoisotopic (exact) mass is 370 g/mol. The van der Waals surface area contributed by atoms with Crippen molar-refractivity contribution in [3.63, 3.8) is 0 Å². The molecule has 0 atom stereocenters. The molecule has 0 bridgehead atoms. The van der Waals surface area contributed by atoms with Crippen LogP contribution in [0.4, 0.5) is 5.82 Å². The van der Waals surface area contributed by atoms with Crippen LogP contribution in [0.5, 0.6) is 0 Å². The molecule has 6 nitrogen and oxygen atoms in total. The van der Waals surface area contributed by atoms with Crippen molar-refractivity contribution in [2.75, 3.05) is 5.32 Å². The fourth-order valence-electron chi connectivity index (χ4n) is 3.03. The molecule has 26 heavy (non-hydrogen) atoms. The zero-order valence-electron chi connectivity index (χ0n) is 14.8. The number of nitrogens with two attached hydrogens (primary N) is 1. The molecule has 1 aliphatic rings. The lowest BCUT2D eigenvalue weighted by molar-refractivity contribution is 0.1000. The lowest BCUT2D eigenvalue weighted by Crippen LogP contribution is -2.19. The van der Waals surface area contributed by atoms with Gasteiger partial charge in [0.05, 0.1) is 16.0 Å². The molecule has 1 aliphatic carbocycles. The van der Waals surface area contributed by atoms with Crippen molar-refractivity contribution >= 4 is 34.4 Å². The Hall–Kier alpha value is -2.60. The van der Waals surface area contributed by atoms with Gasteiger partial charge in [0.1, 0.15) is 11.6 Å². The number of amides is 1. The number of primary amides is 1. The molecule has 1 aromatic carbocycles. The Balaban J connectivity index is 1.99. The number of halogens is 1. The molecule has 0 saturated heterocycles. The van der Waals surface area contributed by atoms with E-state index in [2.05, 4.69) is 22.2 Å². The Bertz CT molecular complexity index is 1050. The third kappa shape index (κ3) is 2.80. The molecule has 1 amide bonds. The molecule has 2 aromatic heterocycles. The van der Waals surface area contributed by atoms with Crippen LogP contribution in [0.3, 0.4) is 0 Å². The van der Waals surface area contributed by atoms with Crippen LogP contribution in [0.25, 0.3) is 22.5 Å². The number of carbonyl (C=O) groups excluding carboxylic acids is 1. The Morgan fingerprint density at radius 1 is 1.31 bits per heavy atom. The van der Waals surface area contributed by atoms with E-state index in [0.717, 1.165) is 18.4 Å². The summed E-state index contributed by atoms with van der Waals surface area (Å²) in [6.45, 7) is 5.78. The quantitative estimate of drug-likeness (QED) is 0.716. The number of benzene rings is 1. The van der Waals surface area contributed by atoms with Crippen LogP contribution in [0.15, 0.2) is 22.6 Å². The van der Waals surface area contributed by atoms with E-state index in [1.54, 1.807) is 6.92 Å². The first-order valence-electron chi connectivity index (χ1n) is 8.43. The van der Waals surface area contributed by atoms with Gasteiger partial charge in [0.2, 0.25) is 5.71 Å². The molecule has 3 aromatic rings. The van der Waals surface area contributed by atoms with E-state index >= 15 is 0 Å². The zero-order chi connectivity index (χ0) is 18.6. The molecule has 4 rings (SSSR count). The highest BCUT2D eigenvalue weighted by Crippen LogP contribution is 2.41. The molecule has 2 heterocycles. The van der Waals surface area contributed by atoms with Gasteiger partial charge in [0.15, 0.2) is 5.82 Å². The largest absolute Gasteiger partial charge is 0.442 e. The van der Waals surface area contributed by atoms with E-state index in [1.807, 2.05) is 25.1 Å². The number of rotatable bonds is 4. The highest BCUT2D eigenvalue weighted by atomic mass is 35.5. The number of hydrogen-bond acceptors (Lipinski definition) is 5. The molecule has 0 aliphatic heterocycles. The third-order valence-corrected chi connectivity index (χ3v) is 5.09. The van der Waals surface area contributed by atoms with E-state index in [4.69, 9.17) is 21.8 Å². The maximum absolute atomic E-state index is 11.9. The number of furan rings is 1. The number of nitrogens with one attached hydrogen (secondary N) is 1. The first-order chi connectivity index (χ1) is 12.3. The van der Waals surface area contributed by atoms with Gasteiger partial charge in [0.25, 0.3) is 5.91 Å². The number of nitrogens with zero attached hydrogens (tertiary/aromatic N) is 2. The van der Waals surface area contributed by atoms with Crippen LogP contribution < -0.4 is 11.1 Å². The molecule has 0 unspecified atom stereocenters. The minimum atomic E-state index is -0.560. The van der Waals surface area contributed by atoms with Gasteiger partial charge in [-0.1, -0.05) is 23.2 Å². The van der Waals surface area contributed by atoms with E-state index in [0.29, 0.717) is 44.7 Å². The standard InChI is InChI=1S/C19H19ClN4O2/c1-9-4-5-12(20)11(8-9)16-22-17(24-19(3)6-7-19)14-13(15(21)25)10(2)26-18(14)23-16/h4-5,8H,6-7H2,1-3H3,(H2,21,25)(H,22,23,24). The summed E-state index contributed by atoms with van der Waals surface area (Å²) in [6.07, 6.45) is 2.06. The molecule has 134 valence electrons. The second-order valence-electron chi connectivity index (χ2n) is 7.14. The van der Waals surface area contributed by atoms with Crippen molar-refractivity contribution in [2.45, 2.75) is 39.2 Å². The van der Waals surface area contributed by atoms with Crippen molar-refractivity contribution in [3.05, 3.63) is 40.1 Å². The molecular weight excluding hydrogens is 352 g/mol. The summed E-state index contributed by atoms with van der Waals surface area (Å²) in [4.78, 5) is 21.1. The lowest BCUT2D eigenvalue weighted by Gasteiger charge is -2.14. The first kappa shape index (κ1) is 16.8. The smallest absolute Gasteiger partial charge is 0.253 e. The topological polar surface area (TPSA) is 94.0 Å². The predicted octanol–water partition coefficient (Wildman–Crippen LogP) is 4.22. The summed E-state index contributed by atoms with van der Waals surface area (Å²) in [5.41, 5.74) is 7.92. The fraction of sp³-hybridized carbons (Fsp3) is 0.316. The van der Waals surface area contributed by atoms with Gasteiger partial charge >= 0.3 is 0 Å². The van der Waals surface area contributed by atoms with Crippen LogP contribution in [0.2, 0.25) is 5.02 Å². The van der Waals surface area contributed by atoms with Gasteiger partial charge in [-0.05, 0) is 45.7 Å². The molecule has 1 fully saturated rings.